The minimum atomic E-state index is -0.439. The molecule has 3 heterocycles. The lowest BCUT2D eigenvalue weighted by atomic mass is 9.77. The number of aryl methyl sites for hydroxylation is 2. The number of nitrogens with two attached hydrogens (primary N) is 1. The van der Waals surface area contributed by atoms with Crippen molar-refractivity contribution in [2.75, 3.05) is 27.1 Å². The summed E-state index contributed by atoms with van der Waals surface area (Å²) in [6.45, 7) is 12.1. The van der Waals surface area contributed by atoms with Crippen LogP contribution < -0.4 is 25.4 Å². The number of fused-ring (bicyclic) bond motifs is 2. The number of hydrogen-bond acceptors (Lipinski definition) is 8. The molecule has 6 rings (SSSR count). The molecule has 8 nitrogen and oxygen atoms in total. The van der Waals surface area contributed by atoms with Gasteiger partial charge in [-0.25, -0.2) is 0 Å². The maximum Gasteiger partial charge on any atom is 0.498 e. The fourth-order valence-electron chi connectivity index (χ4n) is 4.66. The van der Waals surface area contributed by atoms with Crippen LogP contribution >= 0.6 is 31.9 Å². The smallest absolute Gasteiger partial charge is 0.497 e. The third kappa shape index (κ3) is 8.12. The van der Waals surface area contributed by atoms with Gasteiger partial charge in [-0.1, -0.05) is 12.1 Å². The average Bonchev–Trinajstić information content (AvgIpc) is 3.23. The standard InChI is InChI=1S/C17H22BNO3.C11H10BrNO.C7H8BrNO/c1-11-7-8-12-9-13(15(20-6)10-14(12)19-11)18-21-16(2,3)17(4,5)22-18;1-7-3-4-8-5-9(12)11(14-2)6-10(8)13-7;1-10-7-4-5(9)2-3-6(7)8/h7-10H,1-6H3;3-6H,1-2H3;2-4H,9H2,1H3. The fraction of sp³-hybridized carbons (Fsp3) is 0.314. The van der Waals surface area contributed by atoms with Crippen molar-refractivity contribution >= 4 is 71.9 Å². The Hall–Kier alpha value is -3.38. The maximum absolute atomic E-state index is 6.14. The number of methoxy groups -OCH3 is 3. The van der Waals surface area contributed by atoms with E-state index < -0.39 is 7.12 Å². The molecule has 0 spiro atoms. The minimum absolute atomic E-state index is 0.372. The molecular formula is C35H40BBr2N3O5. The first-order valence-corrected chi connectivity index (χ1v) is 16.3. The maximum atomic E-state index is 6.14. The van der Waals surface area contributed by atoms with Gasteiger partial charge in [-0.15, -0.1) is 0 Å². The molecule has 11 heteroatoms. The number of hydrogen-bond donors (Lipinski definition) is 1. The lowest BCUT2D eigenvalue weighted by Gasteiger charge is -2.32. The van der Waals surface area contributed by atoms with Crippen LogP contribution in [0.2, 0.25) is 0 Å². The summed E-state index contributed by atoms with van der Waals surface area (Å²) < 4.78 is 29.9. The van der Waals surface area contributed by atoms with Crippen molar-refractivity contribution in [1.29, 1.82) is 0 Å². The van der Waals surface area contributed by atoms with Crippen LogP contribution in [0.3, 0.4) is 0 Å². The Morgan fingerprint density at radius 2 is 1.11 bits per heavy atom. The molecule has 1 aliphatic rings. The van der Waals surface area contributed by atoms with Gasteiger partial charge in [0.05, 0.1) is 52.5 Å². The summed E-state index contributed by atoms with van der Waals surface area (Å²) in [7, 11) is 4.48. The van der Waals surface area contributed by atoms with Gasteiger partial charge in [0.15, 0.2) is 0 Å². The van der Waals surface area contributed by atoms with Crippen molar-refractivity contribution in [3.63, 3.8) is 0 Å². The van der Waals surface area contributed by atoms with Gasteiger partial charge in [-0.2, -0.15) is 0 Å². The van der Waals surface area contributed by atoms with E-state index in [1.807, 2.05) is 90.1 Å². The van der Waals surface area contributed by atoms with Crippen LogP contribution in [0.25, 0.3) is 21.8 Å². The molecule has 0 amide bonds. The van der Waals surface area contributed by atoms with Crippen LogP contribution in [0.5, 0.6) is 17.2 Å². The molecule has 5 aromatic rings. The molecule has 1 aliphatic heterocycles. The number of nitrogen functional groups attached to an aromatic ring is 1. The predicted octanol–water partition coefficient (Wildman–Crippen LogP) is 8.21. The summed E-state index contributed by atoms with van der Waals surface area (Å²) in [5.41, 5.74) is 10.2. The number of anilines is 1. The highest BCUT2D eigenvalue weighted by Crippen LogP contribution is 2.37. The van der Waals surface area contributed by atoms with E-state index in [4.69, 9.17) is 29.3 Å². The summed E-state index contributed by atoms with van der Waals surface area (Å²) in [5.74, 6) is 2.32. The topological polar surface area (TPSA) is 98.0 Å². The molecule has 0 unspecified atom stereocenters. The van der Waals surface area contributed by atoms with Gasteiger partial charge in [0, 0.05) is 51.5 Å². The lowest BCUT2D eigenvalue weighted by molar-refractivity contribution is 0.00578. The van der Waals surface area contributed by atoms with Gasteiger partial charge in [-0.05, 0) is 110 Å². The zero-order valence-corrected chi connectivity index (χ0v) is 30.9. The molecule has 1 saturated heterocycles. The van der Waals surface area contributed by atoms with Crippen LogP contribution in [0.15, 0.2) is 75.7 Å². The van der Waals surface area contributed by atoms with Crippen molar-refractivity contribution in [3.05, 3.63) is 87.1 Å². The normalized spacial score (nSPS) is 14.6. The average molecular weight is 753 g/mol. The Morgan fingerprint density at radius 3 is 1.61 bits per heavy atom. The molecule has 0 saturated carbocycles. The van der Waals surface area contributed by atoms with E-state index in [0.29, 0.717) is 5.69 Å². The van der Waals surface area contributed by atoms with Gasteiger partial charge >= 0.3 is 7.12 Å². The Balaban J connectivity index is 0.000000171. The molecular weight excluding hydrogens is 713 g/mol. The van der Waals surface area contributed by atoms with Crippen LogP contribution in [0.4, 0.5) is 5.69 Å². The summed E-state index contributed by atoms with van der Waals surface area (Å²) in [6.07, 6.45) is 0. The Morgan fingerprint density at radius 1 is 0.630 bits per heavy atom. The molecule has 0 atom stereocenters. The Kier molecular flexibility index (Phi) is 11.3. The van der Waals surface area contributed by atoms with Crippen molar-refractivity contribution < 1.29 is 23.5 Å². The summed E-state index contributed by atoms with van der Waals surface area (Å²) in [4.78, 5) is 8.97. The highest BCUT2D eigenvalue weighted by molar-refractivity contribution is 9.11. The molecule has 2 aromatic heterocycles. The van der Waals surface area contributed by atoms with Gasteiger partial charge in [0.1, 0.15) is 17.2 Å². The molecule has 0 bridgehead atoms. The predicted molar refractivity (Wildman–Crippen MR) is 195 cm³/mol. The number of pyridine rings is 2. The van der Waals surface area contributed by atoms with E-state index in [1.54, 1.807) is 27.4 Å². The van der Waals surface area contributed by atoms with Gasteiger partial charge in [-0.3, -0.25) is 9.97 Å². The largest absolute Gasteiger partial charge is 0.498 e. The number of halogens is 2. The minimum Gasteiger partial charge on any atom is -0.497 e. The summed E-state index contributed by atoms with van der Waals surface area (Å²) in [6, 6.07) is 21.5. The second-order valence-electron chi connectivity index (χ2n) is 11.9. The number of nitrogens with zero attached hydrogens (tertiary/aromatic N) is 2. The first-order valence-electron chi connectivity index (χ1n) is 14.7. The zero-order chi connectivity index (χ0) is 33.8. The second-order valence-corrected chi connectivity index (χ2v) is 13.6. The quantitative estimate of drug-likeness (QED) is 0.145. The first-order chi connectivity index (χ1) is 21.7. The van der Waals surface area contributed by atoms with Crippen molar-refractivity contribution in [3.8, 4) is 17.2 Å². The van der Waals surface area contributed by atoms with E-state index in [-0.39, 0.29) is 11.2 Å². The highest BCUT2D eigenvalue weighted by atomic mass is 79.9. The first kappa shape index (κ1) is 35.5. The SMILES string of the molecule is COc1cc(N)ccc1Br.COc1cc2nc(C)ccc2cc1B1OC(C)(C)C(C)(C)O1.COc1cc2nc(C)ccc2cc1Br. The van der Waals surface area contributed by atoms with E-state index >= 15 is 0 Å². The molecule has 0 radical (unpaired) electrons. The summed E-state index contributed by atoms with van der Waals surface area (Å²) in [5, 5.41) is 2.17. The monoisotopic (exact) mass is 751 g/mol. The van der Waals surface area contributed by atoms with Crippen molar-refractivity contribution in [2.24, 2.45) is 0 Å². The van der Waals surface area contributed by atoms with Gasteiger partial charge in [0.25, 0.3) is 0 Å². The Labute approximate surface area is 288 Å². The second kappa shape index (κ2) is 14.6. The van der Waals surface area contributed by atoms with Crippen LogP contribution in [0.1, 0.15) is 39.1 Å². The van der Waals surface area contributed by atoms with Crippen LogP contribution in [-0.4, -0.2) is 49.6 Å². The molecule has 0 aliphatic carbocycles. The number of rotatable bonds is 4. The van der Waals surface area contributed by atoms with E-state index in [2.05, 4.69) is 54.0 Å². The zero-order valence-electron chi connectivity index (χ0n) is 27.7. The van der Waals surface area contributed by atoms with Crippen LogP contribution in [-0.2, 0) is 9.31 Å². The molecule has 46 heavy (non-hydrogen) atoms. The van der Waals surface area contributed by atoms with Crippen molar-refractivity contribution in [1.82, 2.24) is 9.97 Å². The van der Waals surface area contributed by atoms with E-state index in [0.717, 1.165) is 64.9 Å². The van der Waals surface area contributed by atoms with Gasteiger partial charge < -0.3 is 29.3 Å². The lowest BCUT2D eigenvalue weighted by Crippen LogP contribution is -2.41. The fourth-order valence-corrected chi connectivity index (χ4v) is 5.59. The molecule has 242 valence electrons. The van der Waals surface area contributed by atoms with Crippen molar-refractivity contribution in [2.45, 2.75) is 52.7 Å². The number of aromatic nitrogens is 2. The Bertz CT molecular complexity index is 1840. The van der Waals surface area contributed by atoms with Gasteiger partial charge in [0.2, 0.25) is 0 Å². The third-order valence-corrected chi connectivity index (χ3v) is 9.24. The third-order valence-electron chi connectivity index (χ3n) is 7.96. The van der Waals surface area contributed by atoms with Crippen LogP contribution in [0, 0.1) is 13.8 Å². The number of ether oxygens (including phenoxy) is 3. The highest BCUT2D eigenvalue weighted by Gasteiger charge is 2.52. The summed E-state index contributed by atoms with van der Waals surface area (Å²) >= 11 is 6.75. The molecule has 1 fully saturated rings. The molecule has 3 aromatic carbocycles. The van der Waals surface area contributed by atoms with E-state index in [9.17, 15) is 0 Å². The molecule has 2 N–H and O–H groups in total. The van der Waals surface area contributed by atoms with E-state index in [1.165, 1.54) is 0 Å². The number of benzene rings is 3.